The maximum atomic E-state index is 5.51. The molecule has 0 amide bonds. The zero-order valence-electron chi connectivity index (χ0n) is 21.0. The van der Waals surface area contributed by atoms with Gasteiger partial charge in [0.1, 0.15) is 11.6 Å². The van der Waals surface area contributed by atoms with E-state index in [-0.39, 0.29) is 0 Å². The highest BCUT2D eigenvalue weighted by Crippen LogP contribution is 2.39. The summed E-state index contributed by atoms with van der Waals surface area (Å²) in [6.45, 7) is 9.55. The fourth-order valence-electron chi connectivity index (χ4n) is 4.07. The average Bonchev–Trinajstić information content (AvgIpc) is 3.36. The molecule has 0 saturated carbocycles. The van der Waals surface area contributed by atoms with Crippen molar-refractivity contribution < 1.29 is 9.47 Å². The summed E-state index contributed by atoms with van der Waals surface area (Å²) in [5.41, 5.74) is 4.70. The van der Waals surface area contributed by atoms with Crippen molar-refractivity contribution in [2.75, 3.05) is 43.6 Å². The van der Waals surface area contributed by atoms with Gasteiger partial charge in [0.2, 0.25) is 5.95 Å². The second-order valence-electron chi connectivity index (χ2n) is 9.02. The number of aromatic nitrogens is 4. The Morgan fingerprint density at radius 1 is 1.06 bits per heavy atom. The van der Waals surface area contributed by atoms with E-state index in [1.807, 2.05) is 36.5 Å². The Morgan fingerprint density at radius 2 is 1.89 bits per heavy atom. The minimum absolute atomic E-state index is 0.310. The molecule has 1 N–H and O–H groups in total. The highest BCUT2D eigenvalue weighted by atomic mass is 32.1. The van der Waals surface area contributed by atoms with Gasteiger partial charge in [0.05, 0.1) is 53.5 Å². The molecule has 0 atom stereocenters. The van der Waals surface area contributed by atoms with Crippen molar-refractivity contribution in [1.82, 2.24) is 19.9 Å². The molecule has 8 nitrogen and oxygen atoms in total. The highest BCUT2D eigenvalue weighted by molar-refractivity contribution is 7.15. The lowest BCUT2D eigenvalue weighted by Crippen LogP contribution is -2.36. The van der Waals surface area contributed by atoms with Gasteiger partial charge in [-0.25, -0.2) is 19.9 Å². The molecule has 1 saturated heterocycles. The Kier molecular flexibility index (Phi) is 7.11. The Bertz CT molecular complexity index is 1330. The number of nitrogens with zero attached hydrogens (tertiary/aromatic N) is 5. The fourth-order valence-corrected chi connectivity index (χ4v) is 5.13. The molecule has 1 aromatic carbocycles. The van der Waals surface area contributed by atoms with Crippen molar-refractivity contribution in [2.45, 2.75) is 26.7 Å². The number of methoxy groups -OCH3 is 1. The summed E-state index contributed by atoms with van der Waals surface area (Å²) in [4.78, 5) is 22.1. The molecule has 0 unspecified atom stereocenters. The van der Waals surface area contributed by atoms with Gasteiger partial charge in [-0.05, 0) is 48.9 Å². The second-order valence-corrected chi connectivity index (χ2v) is 10.0. The monoisotopic (exact) mass is 502 g/mol. The SMILES string of the molecule is COc1cc(C)cc(-c2nc(C(C)C)sc2-c2ccnc(Nc3ccc(N4CCOCC4)nc3)n2)c1. The molecule has 1 aliphatic heterocycles. The summed E-state index contributed by atoms with van der Waals surface area (Å²) in [5.74, 6) is 2.58. The lowest BCUT2D eigenvalue weighted by Gasteiger charge is -2.27. The summed E-state index contributed by atoms with van der Waals surface area (Å²) >= 11 is 1.67. The van der Waals surface area contributed by atoms with Crippen LogP contribution in [0.3, 0.4) is 0 Å². The third-order valence-electron chi connectivity index (χ3n) is 5.92. The number of anilines is 3. The molecule has 1 fully saturated rings. The fraction of sp³-hybridized carbons (Fsp3) is 0.333. The normalized spacial score (nSPS) is 13.8. The molecule has 1 aliphatic rings. The summed E-state index contributed by atoms with van der Waals surface area (Å²) in [7, 11) is 1.69. The van der Waals surface area contributed by atoms with Gasteiger partial charge in [0.25, 0.3) is 0 Å². The Morgan fingerprint density at radius 3 is 2.61 bits per heavy atom. The number of thiazole rings is 1. The quantitative estimate of drug-likeness (QED) is 0.345. The van der Waals surface area contributed by atoms with E-state index in [0.29, 0.717) is 11.9 Å². The van der Waals surface area contributed by atoms with E-state index in [4.69, 9.17) is 19.4 Å². The third-order valence-corrected chi connectivity index (χ3v) is 7.30. The van der Waals surface area contributed by atoms with Gasteiger partial charge >= 0.3 is 0 Å². The van der Waals surface area contributed by atoms with Crippen molar-refractivity contribution in [1.29, 1.82) is 0 Å². The molecule has 0 radical (unpaired) electrons. The van der Waals surface area contributed by atoms with Gasteiger partial charge in [0.15, 0.2) is 0 Å². The van der Waals surface area contributed by atoms with Crippen LogP contribution in [0.15, 0.2) is 48.8 Å². The van der Waals surface area contributed by atoms with E-state index >= 15 is 0 Å². The topological polar surface area (TPSA) is 85.3 Å². The molecular formula is C27H30N6O2S. The molecule has 36 heavy (non-hydrogen) atoms. The molecule has 186 valence electrons. The molecule has 4 heterocycles. The first-order valence-electron chi connectivity index (χ1n) is 12.1. The predicted octanol–water partition coefficient (Wildman–Crippen LogP) is 5.68. The largest absolute Gasteiger partial charge is 0.497 e. The van der Waals surface area contributed by atoms with E-state index in [1.54, 1.807) is 24.6 Å². The maximum absolute atomic E-state index is 5.51. The highest BCUT2D eigenvalue weighted by Gasteiger charge is 2.19. The van der Waals surface area contributed by atoms with Gasteiger partial charge in [-0.15, -0.1) is 11.3 Å². The van der Waals surface area contributed by atoms with Crippen LogP contribution in [-0.2, 0) is 4.74 Å². The predicted molar refractivity (Wildman–Crippen MR) is 145 cm³/mol. The minimum Gasteiger partial charge on any atom is -0.497 e. The van der Waals surface area contributed by atoms with Gasteiger partial charge in [0, 0.05) is 30.8 Å². The number of aryl methyl sites for hydroxylation is 1. The summed E-state index contributed by atoms with van der Waals surface area (Å²) in [5, 5.41) is 4.36. The van der Waals surface area contributed by atoms with Gasteiger partial charge in [-0.2, -0.15) is 0 Å². The van der Waals surface area contributed by atoms with Crippen molar-refractivity contribution in [3.05, 3.63) is 59.4 Å². The van der Waals surface area contributed by atoms with Crippen LogP contribution in [0.25, 0.3) is 21.8 Å². The van der Waals surface area contributed by atoms with Gasteiger partial charge in [-0.3, -0.25) is 0 Å². The average molecular weight is 503 g/mol. The number of pyridine rings is 1. The van der Waals surface area contributed by atoms with E-state index in [2.05, 4.69) is 47.0 Å². The zero-order valence-corrected chi connectivity index (χ0v) is 21.8. The lowest BCUT2D eigenvalue weighted by atomic mass is 10.1. The summed E-state index contributed by atoms with van der Waals surface area (Å²) < 4.78 is 10.9. The first-order valence-corrected chi connectivity index (χ1v) is 12.9. The maximum Gasteiger partial charge on any atom is 0.227 e. The van der Waals surface area contributed by atoms with E-state index < -0.39 is 0 Å². The van der Waals surface area contributed by atoms with Crippen LogP contribution in [0.5, 0.6) is 5.75 Å². The van der Waals surface area contributed by atoms with Crippen LogP contribution in [0, 0.1) is 6.92 Å². The number of morpholine rings is 1. The third kappa shape index (κ3) is 5.32. The van der Waals surface area contributed by atoms with Crippen LogP contribution in [0.4, 0.5) is 17.5 Å². The lowest BCUT2D eigenvalue weighted by molar-refractivity contribution is 0.122. The van der Waals surface area contributed by atoms with Crippen LogP contribution in [0.2, 0.25) is 0 Å². The molecule has 9 heteroatoms. The van der Waals surface area contributed by atoms with Gasteiger partial charge < -0.3 is 19.7 Å². The Labute approximate surface area is 215 Å². The van der Waals surface area contributed by atoms with Crippen LogP contribution in [-0.4, -0.2) is 53.3 Å². The number of ether oxygens (including phenoxy) is 2. The Hall–Kier alpha value is -3.56. The first-order chi connectivity index (χ1) is 17.5. The Balaban J connectivity index is 1.44. The molecule has 0 bridgehead atoms. The number of hydrogen-bond donors (Lipinski definition) is 1. The minimum atomic E-state index is 0.310. The summed E-state index contributed by atoms with van der Waals surface area (Å²) in [6.07, 6.45) is 3.59. The van der Waals surface area contributed by atoms with Crippen molar-refractivity contribution in [3.8, 4) is 27.6 Å². The van der Waals surface area contributed by atoms with Crippen LogP contribution in [0.1, 0.15) is 30.3 Å². The van der Waals surface area contributed by atoms with Crippen LogP contribution < -0.4 is 15.0 Å². The standard InChI is InChI=1S/C27H30N6O2S/c1-17(2)26-32-24(19-13-18(3)14-21(15-19)34-4)25(36-26)22-7-8-28-27(31-22)30-20-5-6-23(29-16-20)33-9-11-35-12-10-33/h5-8,13-17H,9-12H2,1-4H3,(H,28,30,31). The second kappa shape index (κ2) is 10.6. The molecule has 0 spiro atoms. The van der Waals surface area contributed by atoms with E-state index in [1.165, 1.54) is 0 Å². The number of nitrogens with one attached hydrogen (secondary N) is 1. The first kappa shape index (κ1) is 24.1. The van der Waals surface area contributed by atoms with Crippen molar-refractivity contribution >= 4 is 28.8 Å². The zero-order chi connectivity index (χ0) is 25.1. The molecule has 4 aromatic rings. The molecule has 3 aromatic heterocycles. The van der Waals surface area contributed by atoms with Crippen LogP contribution >= 0.6 is 11.3 Å². The van der Waals surface area contributed by atoms with Crippen molar-refractivity contribution in [3.63, 3.8) is 0 Å². The van der Waals surface area contributed by atoms with E-state index in [0.717, 1.165) is 76.0 Å². The molecular weight excluding hydrogens is 472 g/mol. The molecule has 0 aliphatic carbocycles. The number of hydrogen-bond acceptors (Lipinski definition) is 9. The molecule has 5 rings (SSSR count). The smallest absolute Gasteiger partial charge is 0.227 e. The van der Waals surface area contributed by atoms with Crippen molar-refractivity contribution in [2.24, 2.45) is 0 Å². The van der Waals surface area contributed by atoms with Gasteiger partial charge in [-0.1, -0.05) is 13.8 Å². The summed E-state index contributed by atoms with van der Waals surface area (Å²) in [6, 6.07) is 12.1. The number of rotatable bonds is 7. The number of benzene rings is 1. The van der Waals surface area contributed by atoms with E-state index in [9.17, 15) is 0 Å².